The normalized spacial score (nSPS) is 10.5. The Morgan fingerprint density at radius 3 is 2.95 bits per heavy atom. The minimum Gasteiger partial charge on any atom is -0.469 e. The lowest BCUT2D eigenvalue weighted by molar-refractivity contribution is 0.102. The highest BCUT2D eigenvalue weighted by molar-refractivity contribution is 7.14. The molecule has 3 N–H and O–H groups in total. The molecule has 1 aromatic carbocycles. The van der Waals surface area contributed by atoms with Crippen molar-refractivity contribution >= 4 is 28.1 Å². The number of anilines is 2. The number of hydrogen-bond donors (Lipinski definition) is 2. The number of nitrogens with one attached hydrogen (secondary N) is 1. The van der Waals surface area contributed by atoms with E-state index in [4.69, 9.17) is 10.2 Å². The van der Waals surface area contributed by atoms with Gasteiger partial charge in [-0.3, -0.25) is 10.1 Å². The van der Waals surface area contributed by atoms with Gasteiger partial charge in [0.2, 0.25) is 0 Å². The van der Waals surface area contributed by atoms with E-state index in [2.05, 4.69) is 10.3 Å². The summed E-state index contributed by atoms with van der Waals surface area (Å²) < 4.78 is 5.12. The summed E-state index contributed by atoms with van der Waals surface area (Å²) in [7, 11) is 0. The standard InChI is InChI=1S/C15H13N3O2S/c1-9-12(5-6-20-9)14(19)18-15-17-13(8-21-15)10-3-2-4-11(16)7-10/h2-8H,16H2,1H3,(H,17,18,19). The highest BCUT2D eigenvalue weighted by Crippen LogP contribution is 2.26. The molecular weight excluding hydrogens is 286 g/mol. The minimum absolute atomic E-state index is 0.227. The molecule has 5 nitrogen and oxygen atoms in total. The van der Waals surface area contributed by atoms with Crippen LogP contribution in [0.15, 0.2) is 46.4 Å². The van der Waals surface area contributed by atoms with Crippen LogP contribution in [0.25, 0.3) is 11.3 Å². The summed E-state index contributed by atoms with van der Waals surface area (Å²) in [6.07, 6.45) is 1.49. The van der Waals surface area contributed by atoms with Gasteiger partial charge in [-0.2, -0.15) is 0 Å². The quantitative estimate of drug-likeness (QED) is 0.725. The predicted octanol–water partition coefficient (Wildman–Crippen LogP) is 3.55. The van der Waals surface area contributed by atoms with Crippen molar-refractivity contribution in [3.63, 3.8) is 0 Å². The van der Waals surface area contributed by atoms with Gasteiger partial charge < -0.3 is 10.2 Å². The zero-order valence-corrected chi connectivity index (χ0v) is 12.1. The van der Waals surface area contributed by atoms with E-state index in [0.717, 1.165) is 11.3 Å². The number of amides is 1. The molecule has 0 radical (unpaired) electrons. The number of thiazole rings is 1. The van der Waals surface area contributed by atoms with Gasteiger partial charge in [0.1, 0.15) is 5.76 Å². The average molecular weight is 299 g/mol. The van der Waals surface area contributed by atoms with E-state index in [1.165, 1.54) is 17.6 Å². The van der Waals surface area contributed by atoms with Crippen LogP contribution in [0, 0.1) is 6.92 Å². The lowest BCUT2D eigenvalue weighted by Crippen LogP contribution is -2.11. The van der Waals surface area contributed by atoms with Crippen molar-refractivity contribution in [2.24, 2.45) is 0 Å². The molecule has 0 bridgehead atoms. The maximum atomic E-state index is 12.1. The van der Waals surface area contributed by atoms with Crippen LogP contribution in [0.1, 0.15) is 16.1 Å². The Hall–Kier alpha value is -2.60. The number of carbonyl (C=O) groups excluding carboxylic acids is 1. The van der Waals surface area contributed by atoms with Crippen molar-refractivity contribution in [3.05, 3.63) is 53.3 Å². The molecule has 0 aliphatic rings. The third-order valence-electron chi connectivity index (χ3n) is 3.01. The number of aryl methyl sites for hydroxylation is 1. The van der Waals surface area contributed by atoms with Crippen molar-refractivity contribution in [1.29, 1.82) is 0 Å². The first-order chi connectivity index (χ1) is 10.1. The first kappa shape index (κ1) is 13.4. The van der Waals surface area contributed by atoms with E-state index in [-0.39, 0.29) is 5.91 Å². The number of nitrogens with zero attached hydrogens (tertiary/aromatic N) is 1. The lowest BCUT2D eigenvalue weighted by Gasteiger charge is -2.00. The fourth-order valence-corrected chi connectivity index (χ4v) is 2.66. The van der Waals surface area contributed by atoms with Crippen LogP contribution < -0.4 is 11.1 Å². The van der Waals surface area contributed by atoms with Crippen molar-refractivity contribution < 1.29 is 9.21 Å². The number of nitrogen functional groups attached to an aromatic ring is 1. The van der Waals surface area contributed by atoms with E-state index in [1.54, 1.807) is 13.0 Å². The molecule has 2 heterocycles. The second-order valence-corrected chi connectivity index (χ2v) is 5.37. The summed E-state index contributed by atoms with van der Waals surface area (Å²) in [4.78, 5) is 16.5. The molecule has 0 aliphatic carbocycles. The molecule has 0 atom stereocenters. The van der Waals surface area contributed by atoms with Gasteiger partial charge in [0.15, 0.2) is 5.13 Å². The first-order valence-electron chi connectivity index (χ1n) is 6.30. The minimum atomic E-state index is -0.227. The highest BCUT2D eigenvalue weighted by atomic mass is 32.1. The Morgan fingerprint density at radius 1 is 1.38 bits per heavy atom. The monoisotopic (exact) mass is 299 g/mol. The topological polar surface area (TPSA) is 81.2 Å². The van der Waals surface area contributed by atoms with E-state index in [1.807, 2.05) is 29.6 Å². The molecular formula is C15H13N3O2S. The van der Waals surface area contributed by atoms with Crippen molar-refractivity contribution in [1.82, 2.24) is 4.98 Å². The van der Waals surface area contributed by atoms with Crippen LogP contribution in [0.3, 0.4) is 0 Å². The molecule has 0 unspecified atom stereocenters. The van der Waals surface area contributed by atoms with Crippen LogP contribution in [0.5, 0.6) is 0 Å². The van der Waals surface area contributed by atoms with Crippen LogP contribution in [-0.4, -0.2) is 10.9 Å². The van der Waals surface area contributed by atoms with Crippen LogP contribution in [0.4, 0.5) is 10.8 Å². The number of aromatic nitrogens is 1. The number of furan rings is 1. The van der Waals surface area contributed by atoms with E-state index in [9.17, 15) is 4.79 Å². The van der Waals surface area contributed by atoms with Crippen molar-refractivity contribution in [3.8, 4) is 11.3 Å². The van der Waals surface area contributed by atoms with Gasteiger partial charge in [0, 0.05) is 16.6 Å². The van der Waals surface area contributed by atoms with Crippen LogP contribution >= 0.6 is 11.3 Å². The molecule has 0 saturated carbocycles. The van der Waals surface area contributed by atoms with Gasteiger partial charge in [0.25, 0.3) is 5.91 Å². The van der Waals surface area contributed by atoms with Crippen molar-refractivity contribution in [2.75, 3.05) is 11.1 Å². The zero-order valence-electron chi connectivity index (χ0n) is 11.3. The number of carbonyl (C=O) groups is 1. The molecule has 106 valence electrons. The molecule has 0 spiro atoms. The molecule has 1 amide bonds. The van der Waals surface area contributed by atoms with Crippen LogP contribution in [0.2, 0.25) is 0 Å². The van der Waals surface area contributed by atoms with Gasteiger partial charge in [-0.15, -0.1) is 11.3 Å². The van der Waals surface area contributed by atoms with Crippen LogP contribution in [-0.2, 0) is 0 Å². The Bertz CT molecular complexity index is 792. The summed E-state index contributed by atoms with van der Waals surface area (Å²) in [6.45, 7) is 1.74. The molecule has 0 saturated heterocycles. The molecule has 3 aromatic rings. The van der Waals surface area contributed by atoms with Gasteiger partial charge >= 0.3 is 0 Å². The first-order valence-corrected chi connectivity index (χ1v) is 7.18. The SMILES string of the molecule is Cc1occc1C(=O)Nc1nc(-c2cccc(N)c2)cs1. The summed E-state index contributed by atoms with van der Waals surface area (Å²) in [5.74, 6) is 0.356. The molecule has 0 aliphatic heterocycles. The molecule has 2 aromatic heterocycles. The number of nitrogens with two attached hydrogens (primary N) is 1. The summed E-state index contributed by atoms with van der Waals surface area (Å²) in [6, 6.07) is 9.10. The predicted molar refractivity (Wildman–Crippen MR) is 83.4 cm³/mol. The van der Waals surface area contributed by atoms with Gasteiger partial charge in [-0.1, -0.05) is 12.1 Å². The number of benzene rings is 1. The van der Waals surface area contributed by atoms with Gasteiger partial charge in [0.05, 0.1) is 17.5 Å². The largest absolute Gasteiger partial charge is 0.469 e. The van der Waals surface area contributed by atoms with Gasteiger partial charge in [-0.05, 0) is 25.1 Å². The molecule has 6 heteroatoms. The van der Waals surface area contributed by atoms with Crippen molar-refractivity contribution in [2.45, 2.75) is 6.92 Å². The third kappa shape index (κ3) is 2.80. The van der Waals surface area contributed by atoms with E-state index >= 15 is 0 Å². The highest BCUT2D eigenvalue weighted by Gasteiger charge is 2.13. The Morgan fingerprint density at radius 2 is 2.24 bits per heavy atom. The summed E-state index contributed by atoms with van der Waals surface area (Å²) in [5.41, 5.74) is 8.66. The summed E-state index contributed by atoms with van der Waals surface area (Å²) in [5, 5.41) is 5.19. The lowest BCUT2D eigenvalue weighted by atomic mass is 10.1. The maximum absolute atomic E-state index is 12.1. The smallest absolute Gasteiger partial charge is 0.260 e. The van der Waals surface area contributed by atoms with E-state index in [0.29, 0.717) is 22.1 Å². The maximum Gasteiger partial charge on any atom is 0.260 e. The second kappa shape index (κ2) is 5.41. The Kier molecular flexibility index (Phi) is 3.45. The Balaban J connectivity index is 1.80. The molecule has 3 rings (SSSR count). The fourth-order valence-electron chi connectivity index (χ4n) is 1.95. The zero-order chi connectivity index (χ0) is 14.8. The third-order valence-corrected chi connectivity index (χ3v) is 3.77. The average Bonchev–Trinajstić information content (AvgIpc) is 3.08. The second-order valence-electron chi connectivity index (χ2n) is 4.51. The number of hydrogen-bond acceptors (Lipinski definition) is 5. The van der Waals surface area contributed by atoms with E-state index < -0.39 is 0 Å². The molecule has 0 fully saturated rings. The summed E-state index contributed by atoms with van der Waals surface area (Å²) >= 11 is 1.37. The Labute approximate surface area is 125 Å². The molecule has 21 heavy (non-hydrogen) atoms. The van der Waals surface area contributed by atoms with Gasteiger partial charge in [-0.25, -0.2) is 4.98 Å². The fraction of sp³-hybridized carbons (Fsp3) is 0.0667. The number of rotatable bonds is 3.